The lowest BCUT2D eigenvalue weighted by Crippen LogP contribution is -2.22. The second-order valence-corrected chi connectivity index (χ2v) is 5.74. The molecule has 3 rings (SSSR count). The molecular weight excluding hydrogens is 338 g/mol. The molecule has 2 N–H and O–H groups in total. The molecule has 0 radical (unpaired) electrons. The van der Waals surface area contributed by atoms with E-state index in [9.17, 15) is 9.59 Å². The molecular formula is C19H19NO6. The highest BCUT2D eigenvalue weighted by Crippen LogP contribution is 2.32. The Morgan fingerprint density at radius 2 is 1.85 bits per heavy atom. The highest BCUT2D eigenvalue weighted by molar-refractivity contribution is 5.94. The zero-order valence-corrected chi connectivity index (χ0v) is 14.1. The van der Waals surface area contributed by atoms with Gasteiger partial charge in [-0.2, -0.15) is 0 Å². The standard InChI is InChI=1S/C19H19NO6/c21-18(22)2-1-9-24-15-6-3-13(4-7-15)11-20-19(23)14-5-8-16-17(10-14)26-12-25-16/h3-8,10H,1-2,9,11-12H2,(H,20,23)(H,21,22). The van der Waals surface area contributed by atoms with Crippen molar-refractivity contribution in [1.82, 2.24) is 5.32 Å². The monoisotopic (exact) mass is 357 g/mol. The molecule has 0 spiro atoms. The van der Waals surface area contributed by atoms with Crippen molar-refractivity contribution in [3.8, 4) is 17.2 Å². The first-order valence-corrected chi connectivity index (χ1v) is 8.23. The van der Waals surface area contributed by atoms with Crippen molar-refractivity contribution in [2.24, 2.45) is 0 Å². The molecule has 26 heavy (non-hydrogen) atoms. The van der Waals surface area contributed by atoms with E-state index < -0.39 is 5.97 Å². The second-order valence-electron chi connectivity index (χ2n) is 5.74. The van der Waals surface area contributed by atoms with Gasteiger partial charge in [-0.25, -0.2) is 0 Å². The van der Waals surface area contributed by atoms with Gasteiger partial charge in [0.2, 0.25) is 6.79 Å². The molecule has 0 fully saturated rings. The van der Waals surface area contributed by atoms with Gasteiger partial charge in [-0.1, -0.05) is 12.1 Å². The molecule has 1 amide bonds. The molecule has 7 nitrogen and oxygen atoms in total. The van der Waals surface area contributed by atoms with Crippen molar-refractivity contribution in [2.75, 3.05) is 13.4 Å². The van der Waals surface area contributed by atoms with E-state index in [4.69, 9.17) is 19.3 Å². The first-order chi connectivity index (χ1) is 12.6. The molecule has 0 aromatic heterocycles. The molecule has 0 unspecified atom stereocenters. The van der Waals surface area contributed by atoms with Crippen molar-refractivity contribution in [1.29, 1.82) is 0 Å². The van der Waals surface area contributed by atoms with Crippen LogP contribution < -0.4 is 19.5 Å². The molecule has 0 atom stereocenters. The number of carboxylic acid groups (broad SMARTS) is 1. The minimum absolute atomic E-state index is 0.0873. The van der Waals surface area contributed by atoms with Gasteiger partial charge in [0.1, 0.15) is 5.75 Å². The van der Waals surface area contributed by atoms with Gasteiger partial charge < -0.3 is 24.6 Å². The quantitative estimate of drug-likeness (QED) is 0.705. The minimum atomic E-state index is -0.831. The number of fused-ring (bicyclic) bond motifs is 1. The maximum absolute atomic E-state index is 12.2. The number of ether oxygens (including phenoxy) is 3. The maximum Gasteiger partial charge on any atom is 0.303 e. The fourth-order valence-electron chi connectivity index (χ4n) is 2.44. The molecule has 2 aromatic rings. The normalized spacial score (nSPS) is 11.8. The second kappa shape index (κ2) is 8.24. The first kappa shape index (κ1) is 17.6. The zero-order chi connectivity index (χ0) is 18.4. The largest absolute Gasteiger partial charge is 0.494 e. The highest BCUT2D eigenvalue weighted by atomic mass is 16.7. The zero-order valence-electron chi connectivity index (χ0n) is 14.1. The fourth-order valence-corrected chi connectivity index (χ4v) is 2.44. The van der Waals surface area contributed by atoms with Gasteiger partial charge in [0.05, 0.1) is 6.61 Å². The van der Waals surface area contributed by atoms with Crippen molar-refractivity contribution in [3.63, 3.8) is 0 Å². The number of carbonyl (C=O) groups excluding carboxylic acids is 1. The Labute approximate surface area is 150 Å². The molecule has 1 aliphatic heterocycles. The van der Waals surface area contributed by atoms with Crippen LogP contribution in [0, 0.1) is 0 Å². The number of hydrogen-bond acceptors (Lipinski definition) is 5. The van der Waals surface area contributed by atoms with Crippen LogP contribution in [0.5, 0.6) is 17.2 Å². The number of rotatable bonds is 8. The smallest absolute Gasteiger partial charge is 0.303 e. The third kappa shape index (κ3) is 4.66. The molecule has 0 aliphatic carbocycles. The highest BCUT2D eigenvalue weighted by Gasteiger charge is 2.16. The Bertz CT molecular complexity index is 787. The summed E-state index contributed by atoms with van der Waals surface area (Å²) in [4.78, 5) is 22.7. The van der Waals surface area contributed by atoms with Gasteiger partial charge >= 0.3 is 5.97 Å². The Kier molecular flexibility index (Phi) is 5.58. The van der Waals surface area contributed by atoms with Crippen LogP contribution in [-0.2, 0) is 11.3 Å². The molecule has 0 saturated carbocycles. The van der Waals surface area contributed by atoms with Crippen molar-refractivity contribution in [2.45, 2.75) is 19.4 Å². The SMILES string of the molecule is O=C(O)CCCOc1ccc(CNC(=O)c2ccc3c(c2)OCO3)cc1. The summed E-state index contributed by atoms with van der Waals surface area (Å²) in [6.45, 7) is 0.907. The van der Waals surface area contributed by atoms with Crippen LogP contribution in [0.2, 0.25) is 0 Å². The number of nitrogens with one attached hydrogen (secondary N) is 1. The molecule has 2 aromatic carbocycles. The third-order valence-electron chi connectivity index (χ3n) is 3.81. The molecule has 0 bridgehead atoms. The Morgan fingerprint density at radius 3 is 2.62 bits per heavy atom. The van der Waals surface area contributed by atoms with Crippen LogP contribution >= 0.6 is 0 Å². The van der Waals surface area contributed by atoms with Crippen LogP contribution in [0.15, 0.2) is 42.5 Å². The van der Waals surface area contributed by atoms with E-state index in [1.807, 2.05) is 12.1 Å². The number of carbonyl (C=O) groups is 2. The number of hydrogen-bond donors (Lipinski definition) is 2. The van der Waals surface area contributed by atoms with Crippen LogP contribution in [0.1, 0.15) is 28.8 Å². The predicted octanol–water partition coefficient (Wildman–Crippen LogP) is 2.59. The van der Waals surface area contributed by atoms with Crippen LogP contribution in [-0.4, -0.2) is 30.4 Å². The topological polar surface area (TPSA) is 94.1 Å². The van der Waals surface area contributed by atoms with Crippen molar-refractivity contribution >= 4 is 11.9 Å². The van der Waals surface area contributed by atoms with E-state index in [0.29, 0.717) is 42.4 Å². The summed E-state index contributed by atoms with van der Waals surface area (Å²) >= 11 is 0. The summed E-state index contributed by atoms with van der Waals surface area (Å²) in [5.74, 6) is 0.850. The first-order valence-electron chi connectivity index (χ1n) is 8.23. The van der Waals surface area contributed by atoms with Gasteiger partial charge in [-0.15, -0.1) is 0 Å². The van der Waals surface area contributed by atoms with E-state index in [1.165, 1.54) is 0 Å². The predicted molar refractivity (Wildman–Crippen MR) is 92.5 cm³/mol. The molecule has 1 aliphatic rings. The van der Waals surface area contributed by atoms with Crippen molar-refractivity contribution < 1.29 is 28.9 Å². The summed E-state index contributed by atoms with van der Waals surface area (Å²) in [7, 11) is 0. The lowest BCUT2D eigenvalue weighted by Gasteiger charge is -2.08. The molecule has 7 heteroatoms. The minimum Gasteiger partial charge on any atom is -0.494 e. The number of carboxylic acids is 1. The van der Waals surface area contributed by atoms with E-state index in [0.717, 1.165) is 5.56 Å². The fraction of sp³-hybridized carbons (Fsp3) is 0.263. The molecule has 136 valence electrons. The van der Waals surface area contributed by atoms with Gasteiger partial charge in [-0.3, -0.25) is 9.59 Å². The van der Waals surface area contributed by atoms with Crippen molar-refractivity contribution in [3.05, 3.63) is 53.6 Å². The lowest BCUT2D eigenvalue weighted by atomic mass is 10.1. The summed E-state index contributed by atoms with van der Waals surface area (Å²) in [6.07, 6.45) is 0.548. The number of amides is 1. The van der Waals surface area contributed by atoms with Gasteiger partial charge in [-0.05, 0) is 42.3 Å². The van der Waals surface area contributed by atoms with E-state index in [-0.39, 0.29) is 19.1 Å². The Morgan fingerprint density at radius 1 is 1.08 bits per heavy atom. The average molecular weight is 357 g/mol. The summed E-state index contributed by atoms with van der Waals surface area (Å²) in [5, 5.41) is 11.4. The van der Waals surface area contributed by atoms with Gasteiger partial charge in [0, 0.05) is 18.5 Å². The van der Waals surface area contributed by atoms with Gasteiger partial charge in [0.15, 0.2) is 11.5 Å². The summed E-state index contributed by atoms with van der Waals surface area (Å²) in [6, 6.07) is 12.4. The molecule has 1 heterocycles. The number of aliphatic carboxylic acids is 1. The van der Waals surface area contributed by atoms with Gasteiger partial charge in [0.25, 0.3) is 5.91 Å². The van der Waals surface area contributed by atoms with E-state index in [1.54, 1.807) is 30.3 Å². The van der Waals surface area contributed by atoms with E-state index >= 15 is 0 Å². The summed E-state index contributed by atoms with van der Waals surface area (Å²) < 4.78 is 16.0. The number of benzene rings is 2. The van der Waals surface area contributed by atoms with Crippen LogP contribution in [0.4, 0.5) is 0 Å². The van der Waals surface area contributed by atoms with Crippen LogP contribution in [0.3, 0.4) is 0 Å². The molecule has 0 saturated heterocycles. The maximum atomic E-state index is 12.2. The third-order valence-corrected chi connectivity index (χ3v) is 3.81. The Balaban J connectivity index is 1.47. The Hall–Kier alpha value is -3.22. The van der Waals surface area contributed by atoms with E-state index in [2.05, 4.69) is 5.32 Å². The van der Waals surface area contributed by atoms with Crippen LogP contribution in [0.25, 0.3) is 0 Å². The lowest BCUT2D eigenvalue weighted by molar-refractivity contribution is -0.137. The average Bonchev–Trinajstić information content (AvgIpc) is 3.12. The summed E-state index contributed by atoms with van der Waals surface area (Å²) in [5.41, 5.74) is 1.43.